The molecule has 110 valence electrons. The van der Waals surface area contributed by atoms with Crippen LogP contribution in [0.5, 0.6) is 0 Å². The zero-order valence-corrected chi connectivity index (χ0v) is 12.4. The number of amides is 1. The van der Waals surface area contributed by atoms with Crippen molar-refractivity contribution in [2.24, 2.45) is 0 Å². The highest BCUT2D eigenvalue weighted by Crippen LogP contribution is 2.20. The largest absolute Gasteiger partial charge is 0.376 e. The maximum atomic E-state index is 12.0. The van der Waals surface area contributed by atoms with Crippen molar-refractivity contribution in [1.29, 1.82) is 0 Å². The molecule has 1 fully saturated rings. The number of anilines is 2. The summed E-state index contributed by atoms with van der Waals surface area (Å²) in [6.07, 6.45) is 2.23. The molecule has 0 saturated carbocycles. The Kier molecular flexibility index (Phi) is 4.47. The highest BCUT2D eigenvalue weighted by Gasteiger charge is 2.17. The Hall–Kier alpha value is -1.92. The summed E-state index contributed by atoms with van der Waals surface area (Å²) in [5, 5.41) is 8.52. The molecule has 3 rings (SSSR count). The zero-order chi connectivity index (χ0) is 14.5. The number of thiazole rings is 1. The molecular weight excluding hydrogens is 286 g/mol. The lowest BCUT2D eigenvalue weighted by Gasteiger charge is -2.09. The summed E-state index contributed by atoms with van der Waals surface area (Å²) < 4.78 is 5.48. The average molecular weight is 303 g/mol. The molecule has 0 radical (unpaired) electrons. The van der Waals surface area contributed by atoms with Crippen LogP contribution in [0, 0.1) is 0 Å². The number of carbonyl (C=O) groups is 1. The van der Waals surface area contributed by atoms with Crippen LogP contribution in [-0.4, -0.2) is 30.1 Å². The average Bonchev–Trinajstić information content (AvgIpc) is 3.17. The highest BCUT2D eigenvalue weighted by atomic mass is 32.1. The molecule has 2 N–H and O–H groups in total. The van der Waals surface area contributed by atoms with E-state index in [1.54, 1.807) is 5.38 Å². The summed E-state index contributed by atoms with van der Waals surface area (Å²) in [5.74, 6) is -0.150. The van der Waals surface area contributed by atoms with Crippen molar-refractivity contribution in [2.45, 2.75) is 18.9 Å². The summed E-state index contributed by atoms with van der Waals surface area (Å²) in [6.45, 7) is 1.35. The van der Waals surface area contributed by atoms with Crippen molar-refractivity contribution < 1.29 is 9.53 Å². The molecule has 0 spiro atoms. The van der Waals surface area contributed by atoms with Crippen LogP contribution in [0.1, 0.15) is 23.3 Å². The molecule has 0 bridgehead atoms. The van der Waals surface area contributed by atoms with Crippen LogP contribution in [0.25, 0.3) is 0 Å². The molecule has 2 aromatic rings. The maximum Gasteiger partial charge on any atom is 0.270 e. The first-order valence-corrected chi connectivity index (χ1v) is 7.86. The fraction of sp³-hybridized carbons (Fsp3) is 0.333. The molecule has 5 nitrogen and oxygen atoms in total. The second-order valence-electron chi connectivity index (χ2n) is 4.87. The third-order valence-corrected chi connectivity index (χ3v) is 4.03. The number of carbonyl (C=O) groups excluding carboxylic acids is 1. The molecule has 1 amide bonds. The summed E-state index contributed by atoms with van der Waals surface area (Å²) in [6, 6.07) is 9.77. The van der Waals surface area contributed by atoms with E-state index in [9.17, 15) is 4.79 Å². The van der Waals surface area contributed by atoms with E-state index in [0.717, 1.165) is 25.1 Å². The van der Waals surface area contributed by atoms with Crippen molar-refractivity contribution in [3.63, 3.8) is 0 Å². The first-order chi connectivity index (χ1) is 10.3. The lowest BCUT2D eigenvalue weighted by atomic mass is 10.2. The van der Waals surface area contributed by atoms with Gasteiger partial charge in [0.05, 0.1) is 6.10 Å². The van der Waals surface area contributed by atoms with Gasteiger partial charge in [-0.2, -0.15) is 0 Å². The molecule has 1 aliphatic rings. The van der Waals surface area contributed by atoms with Crippen LogP contribution in [0.3, 0.4) is 0 Å². The molecular formula is C15H17N3O2S. The van der Waals surface area contributed by atoms with Crippen LogP contribution in [0.15, 0.2) is 35.7 Å². The molecule has 21 heavy (non-hydrogen) atoms. The molecule has 1 aliphatic heterocycles. The predicted octanol–water partition coefficient (Wildman–Crippen LogP) is 2.80. The van der Waals surface area contributed by atoms with E-state index in [0.29, 0.717) is 17.4 Å². The fourth-order valence-corrected chi connectivity index (χ4v) is 2.89. The van der Waals surface area contributed by atoms with Gasteiger partial charge in [0.15, 0.2) is 5.13 Å². The standard InChI is InChI=1S/C15H17N3O2S/c19-14(16-9-12-7-4-8-20-12)13-10-21-15(18-13)17-11-5-2-1-3-6-11/h1-3,5-6,10,12H,4,7-9H2,(H,16,19)(H,17,18). The number of nitrogens with one attached hydrogen (secondary N) is 2. The van der Waals surface area contributed by atoms with E-state index in [4.69, 9.17) is 4.74 Å². The highest BCUT2D eigenvalue weighted by molar-refractivity contribution is 7.14. The van der Waals surface area contributed by atoms with Gasteiger partial charge in [-0.05, 0) is 25.0 Å². The molecule has 1 aromatic carbocycles. The minimum atomic E-state index is -0.150. The Balaban J connectivity index is 1.55. The number of benzene rings is 1. The van der Waals surface area contributed by atoms with Crippen LogP contribution in [0.4, 0.5) is 10.8 Å². The van der Waals surface area contributed by atoms with E-state index in [2.05, 4.69) is 15.6 Å². The topological polar surface area (TPSA) is 63.2 Å². The van der Waals surface area contributed by atoms with Gasteiger partial charge in [-0.3, -0.25) is 4.79 Å². The Bertz CT molecular complexity index is 594. The third kappa shape index (κ3) is 3.80. The van der Waals surface area contributed by atoms with Gasteiger partial charge in [0.2, 0.25) is 0 Å². The van der Waals surface area contributed by atoms with Gasteiger partial charge in [0.1, 0.15) is 5.69 Å². The lowest BCUT2D eigenvalue weighted by Crippen LogP contribution is -2.31. The summed E-state index contributed by atoms with van der Waals surface area (Å²) in [4.78, 5) is 16.3. The number of hydrogen-bond donors (Lipinski definition) is 2. The van der Waals surface area contributed by atoms with Crippen molar-refractivity contribution >= 4 is 28.1 Å². The number of rotatable bonds is 5. The molecule has 1 unspecified atom stereocenters. The third-order valence-electron chi connectivity index (χ3n) is 3.28. The molecule has 1 atom stereocenters. The lowest BCUT2D eigenvalue weighted by molar-refractivity contribution is 0.0854. The number of aromatic nitrogens is 1. The number of ether oxygens (including phenoxy) is 1. The maximum absolute atomic E-state index is 12.0. The van der Waals surface area contributed by atoms with Crippen LogP contribution in [0.2, 0.25) is 0 Å². The fourth-order valence-electron chi connectivity index (χ4n) is 2.18. The Morgan fingerprint density at radius 3 is 3.00 bits per heavy atom. The van der Waals surface area contributed by atoms with Gasteiger partial charge in [-0.15, -0.1) is 11.3 Å². The smallest absolute Gasteiger partial charge is 0.270 e. The second-order valence-corrected chi connectivity index (χ2v) is 5.73. The van der Waals surface area contributed by atoms with Crippen molar-refractivity contribution in [3.8, 4) is 0 Å². The number of hydrogen-bond acceptors (Lipinski definition) is 5. The van der Waals surface area contributed by atoms with Gasteiger partial charge >= 0.3 is 0 Å². The number of para-hydroxylation sites is 1. The quantitative estimate of drug-likeness (QED) is 0.891. The molecule has 6 heteroatoms. The van der Waals surface area contributed by atoms with E-state index in [1.165, 1.54) is 11.3 Å². The summed E-state index contributed by atoms with van der Waals surface area (Å²) in [5.41, 5.74) is 1.40. The molecule has 1 aromatic heterocycles. The van der Waals surface area contributed by atoms with Crippen LogP contribution < -0.4 is 10.6 Å². The normalized spacial score (nSPS) is 17.6. The Morgan fingerprint density at radius 1 is 1.38 bits per heavy atom. The first-order valence-electron chi connectivity index (χ1n) is 6.98. The molecule has 0 aliphatic carbocycles. The summed E-state index contributed by atoms with van der Waals surface area (Å²) in [7, 11) is 0. The minimum absolute atomic E-state index is 0.148. The van der Waals surface area contributed by atoms with Crippen molar-refractivity contribution in [2.75, 3.05) is 18.5 Å². The van der Waals surface area contributed by atoms with Crippen molar-refractivity contribution in [1.82, 2.24) is 10.3 Å². The van der Waals surface area contributed by atoms with E-state index in [1.807, 2.05) is 30.3 Å². The monoisotopic (exact) mass is 303 g/mol. The van der Waals surface area contributed by atoms with Crippen LogP contribution in [-0.2, 0) is 4.74 Å². The van der Waals surface area contributed by atoms with Gasteiger partial charge < -0.3 is 15.4 Å². The van der Waals surface area contributed by atoms with Gasteiger partial charge in [-0.1, -0.05) is 18.2 Å². The number of nitrogens with zero attached hydrogens (tertiary/aromatic N) is 1. The molecule has 1 saturated heterocycles. The van der Waals surface area contributed by atoms with E-state index >= 15 is 0 Å². The summed E-state index contributed by atoms with van der Waals surface area (Å²) >= 11 is 1.42. The SMILES string of the molecule is O=C(NCC1CCCO1)c1csc(Nc2ccccc2)n1. The second kappa shape index (κ2) is 6.69. The minimum Gasteiger partial charge on any atom is -0.376 e. The Labute approximate surface area is 127 Å². The zero-order valence-electron chi connectivity index (χ0n) is 11.5. The Morgan fingerprint density at radius 2 is 2.24 bits per heavy atom. The van der Waals surface area contributed by atoms with Gasteiger partial charge in [0.25, 0.3) is 5.91 Å². The predicted molar refractivity (Wildman–Crippen MR) is 83.1 cm³/mol. The van der Waals surface area contributed by atoms with Crippen molar-refractivity contribution in [3.05, 3.63) is 41.4 Å². The van der Waals surface area contributed by atoms with Crippen LogP contribution >= 0.6 is 11.3 Å². The van der Waals surface area contributed by atoms with E-state index < -0.39 is 0 Å². The first kappa shape index (κ1) is 14.0. The van der Waals surface area contributed by atoms with Gasteiger partial charge in [-0.25, -0.2) is 4.98 Å². The van der Waals surface area contributed by atoms with Gasteiger partial charge in [0, 0.05) is 24.2 Å². The molecule has 2 heterocycles. The van der Waals surface area contributed by atoms with E-state index in [-0.39, 0.29) is 12.0 Å².